The number of likely N-dealkylation sites (N-methyl/N-ethyl adjacent to an activating group) is 1. The van der Waals surface area contributed by atoms with Crippen molar-refractivity contribution in [3.05, 3.63) is 39.7 Å². The molecule has 0 spiro atoms. The SMILES string of the molecule is COC/C(=C(/N)COc1ccc(Cl)c2c1[C@@H](CN1C[C@H](C)CC1O)N(C(=O)[C@@H]1CCCC[C@]1(C)C(=O)O)CC2)N(C)N. The number of fused-ring (bicyclic) bond motifs is 1. The number of amides is 1. The van der Waals surface area contributed by atoms with E-state index in [0.717, 1.165) is 24.0 Å². The Morgan fingerprint density at radius 2 is 2.00 bits per heavy atom. The van der Waals surface area contributed by atoms with Gasteiger partial charge in [-0.05, 0) is 56.2 Å². The van der Waals surface area contributed by atoms with Gasteiger partial charge in [-0.1, -0.05) is 31.4 Å². The van der Waals surface area contributed by atoms with Crippen LogP contribution in [-0.2, 0) is 20.7 Å². The van der Waals surface area contributed by atoms with Crippen molar-refractivity contribution >= 4 is 23.5 Å². The summed E-state index contributed by atoms with van der Waals surface area (Å²) < 4.78 is 11.5. The first-order valence-corrected chi connectivity index (χ1v) is 15.1. The summed E-state index contributed by atoms with van der Waals surface area (Å²) in [7, 11) is 3.22. The molecule has 1 aromatic rings. The summed E-state index contributed by atoms with van der Waals surface area (Å²) in [6.07, 6.45) is 3.07. The van der Waals surface area contributed by atoms with E-state index in [0.29, 0.717) is 73.4 Å². The number of aliphatic carboxylic acids is 1. The maximum atomic E-state index is 14.4. The number of likely N-dealkylation sites (tertiary alicyclic amines) is 1. The van der Waals surface area contributed by atoms with E-state index in [4.69, 9.17) is 32.7 Å². The number of carbonyl (C=O) groups excluding carboxylic acids is 1. The van der Waals surface area contributed by atoms with Crippen LogP contribution in [0.5, 0.6) is 5.75 Å². The molecule has 5 atom stereocenters. The van der Waals surface area contributed by atoms with Crippen LogP contribution in [0.4, 0.5) is 0 Å². The molecule has 1 aliphatic carbocycles. The van der Waals surface area contributed by atoms with Gasteiger partial charge in [-0.3, -0.25) is 14.5 Å². The highest BCUT2D eigenvalue weighted by molar-refractivity contribution is 6.31. The van der Waals surface area contributed by atoms with Crippen LogP contribution in [0, 0.1) is 17.3 Å². The third-order valence-corrected chi connectivity index (χ3v) is 9.65. The molecule has 1 unspecified atom stereocenters. The van der Waals surface area contributed by atoms with Gasteiger partial charge in [0.2, 0.25) is 5.91 Å². The second-order valence-corrected chi connectivity index (χ2v) is 12.7. The van der Waals surface area contributed by atoms with E-state index in [2.05, 4.69) is 6.92 Å². The summed E-state index contributed by atoms with van der Waals surface area (Å²) in [5, 5.41) is 23.0. The molecule has 12 heteroatoms. The summed E-state index contributed by atoms with van der Waals surface area (Å²) in [5.74, 6) is 5.03. The molecule has 0 bridgehead atoms. The molecule has 2 aliphatic heterocycles. The fourth-order valence-corrected chi connectivity index (χ4v) is 7.12. The molecule has 0 aromatic heterocycles. The molecule has 2 fully saturated rings. The zero-order chi connectivity index (χ0) is 30.8. The number of carboxylic acid groups (broad SMARTS) is 1. The summed E-state index contributed by atoms with van der Waals surface area (Å²) in [5.41, 5.74) is 7.84. The molecule has 1 amide bonds. The first kappa shape index (κ1) is 32.3. The molecule has 0 radical (unpaired) electrons. The summed E-state index contributed by atoms with van der Waals surface area (Å²) in [4.78, 5) is 30.6. The zero-order valence-electron chi connectivity index (χ0n) is 25.1. The smallest absolute Gasteiger partial charge is 0.310 e. The van der Waals surface area contributed by atoms with Crippen LogP contribution in [0.25, 0.3) is 0 Å². The zero-order valence-corrected chi connectivity index (χ0v) is 25.9. The van der Waals surface area contributed by atoms with Gasteiger partial charge < -0.3 is 35.3 Å². The normalized spacial score (nSPS) is 28.7. The Bertz CT molecular complexity index is 1190. The predicted molar refractivity (Wildman–Crippen MR) is 159 cm³/mol. The van der Waals surface area contributed by atoms with Gasteiger partial charge in [-0.25, -0.2) is 5.84 Å². The minimum absolute atomic E-state index is 0.0258. The van der Waals surface area contributed by atoms with Crippen LogP contribution in [0.2, 0.25) is 5.02 Å². The van der Waals surface area contributed by atoms with Gasteiger partial charge in [-0.2, -0.15) is 0 Å². The number of hydrogen-bond donors (Lipinski definition) is 4. The van der Waals surface area contributed by atoms with E-state index in [1.165, 1.54) is 5.01 Å². The Morgan fingerprint density at radius 1 is 1.26 bits per heavy atom. The first-order valence-electron chi connectivity index (χ1n) is 14.7. The molecule has 42 heavy (non-hydrogen) atoms. The van der Waals surface area contributed by atoms with Gasteiger partial charge in [0.25, 0.3) is 0 Å². The molecule has 4 rings (SSSR count). The predicted octanol–water partition coefficient (Wildman–Crippen LogP) is 2.71. The van der Waals surface area contributed by atoms with Crippen LogP contribution in [0.15, 0.2) is 23.5 Å². The van der Waals surface area contributed by atoms with Crippen molar-refractivity contribution in [1.29, 1.82) is 0 Å². The second-order valence-electron chi connectivity index (χ2n) is 12.3. The minimum atomic E-state index is -1.14. The number of methoxy groups -OCH3 is 1. The number of halogens is 1. The molecule has 1 saturated carbocycles. The Balaban J connectivity index is 1.75. The Hall–Kier alpha value is -2.57. The number of carbonyl (C=O) groups is 2. The number of nitrogens with zero attached hydrogens (tertiary/aromatic N) is 3. The maximum absolute atomic E-state index is 14.4. The van der Waals surface area contributed by atoms with Crippen molar-refractivity contribution in [3.8, 4) is 5.75 Å². The quantitative estimate of drug-likeness (QED) is 0.230. The van der Waals surface area contributed by atoms with Crippen molar-refractivity contribution in [1.82, 2.24) is 14.8 Å². The fourth-order valence-electron chi connectivity index (χ4n) is 6.87. The Kier molecular flexibility index (Phi) is 10.3. The molecule has 11 nitrogen and oxygen atoms in total. The second kappa shape index (κ2) is 13.4. The van der Waals surface area contributed by atoms with Crippen molar-refractivity contribution in [2.45, 2.75) is 64.6 Å². The van der Waals surface area contributed by atoms with E-state index < -0.39 is 29.6 Å². The summed E-state index contributed by atoms with van der Waals surface area (Å²) >= 11 is 6.73. The number of aliphatic hydroxyl groups excluding tert-OH is 1. The van der Waals surface area contributed by atoms with Crippen LogP contribution in [-0.4, -0.2) is 90.1 Å². The standard InChI is InChI=1S/C30H46ClN5O6/c1-18-13-26(37)35(14-18)15-23-27-19(10-12-36(23)28(38)20-7-5-6-11-30(20,2)29(39)40)21(31)8-9-25(27)42-16-22(32)24(17-41-4)34(3)33/h8-9,18,20,23,26,37H,5-7,10-17,32-33H2,1-4H3,(H,39,40)/b24-22-/t18-,20+,23-,26?,30+/m1/s1. The van der Waals surface area contributed by atoms with Crippen LogP contribution >= 0.6 is 11.6 Å². The third kappa shape index (κ3) is 6.50. The fraction of sp³-hybridized carbons (Fsp3) is 0.667. The lowest BCUT2D eigenvalue weighted by molar-refractivity contribution is -0.163. The van der Waals surface area contributed by atoms with E-state index in [1.807, 2.05) is 9.80 Å². The van der Waals surface area contributed by atoms with Crippen molar-refractivity contribution in [2.75, 3.05) is 47.0 Å². The third-order valence-electron chi connectivity index (χ3n) is 9.30. The lowest BCUT2D eigenvalue weighted by Gasteiger charge is -2.45. The molecule has 6 N–H and O–H groups in total. The van der Waals surface area contributed by atoms with Gasteiger partial charge >= 0.3 is 5.97 Å². The highest BCUT2D eigenvalue weighted by atomic mass is 35.5. The molecule has 1 aromatic carbocycles. The topological polar surface area (TPSA) is 155 Å². The number of rotatable bonds is 10. The summed E-state index contributed by atoms with van der Waals surface area (Å²) in [6, 6.07) is 3.06. The number of benzene rings is 1. The van der Waals surface area contributed by atoms with Crippen molar-refractivity contribution in [3.63, 3.8) is 0 Å². The summed E-state index contributed by atoms with van der Waals surface area (Å²) in [6.45, 7) is 5.46. The van der Waals surface area contributed by atoms with Gasteiger partial charge in [0.05, 0.1) is 35.4 Å². The Morgan fingerprint density at radius 3 is 2.62 bits per heavy atom. The average molecular weight is 608 g/mol. The maximum Gasteiger partial charge on any atom is 0.310 e. The van der Waals surface area contributed by atoms with E-state index in [-0.39, 0.29) is 19.1 Å². The highest BCUT2D eigenvalue weighted by Crippen LogP contribution is 2.46. The number of ether oxygens (including phenoxy) is 2. The molecular formula is C30H46ClN5O6. The van der Waals surface area contributed by atoms with E-state index in [1.54, 1.807) is 33.2 Å². The first-order chi connectivity index (χ1) is 19.9. The van der Waals surface area contributed by atoms with Crippen LogP contribution in [0.1, 0.15) is 63.1 Å². The van der Waals surface area contributed by atoms with Gasteiger partial charge in [0.15, 0.2) is 0 Å². The van der Waals surface area contributed by atoms with E-state index >= 15 is 0 Å². The molecule has 1 saturated heterocycles. The monoisotopic (exact) mass is 607 g/mol. The van der Waals surface area contributed by atoms with E-state index in [9.17, 15) is 19.8 Å². The number of hydrogen-bond acceptors (Lipinski definition) is 9. The highest BCUT2D eigenvalue weighted by Gasteiger charge is 2.50. The molecular weight excluding hydrogens is 562 g/mol. The largest absolute Gasteiger partial charge is 0.487 e. The number of carboxylic acids is 1. The molecule has 3 aliphatic rings. The molecule has 234 valence electrons. The number of nitrogens with two attached hydrogens (primary N) is 2. The number of hydrazine groups is 1. The van der Waals surface area contributed by atoms with Gasteiger partial charge in [-0.15, -0.1) is 0 Å². The van der Waals surface area contributed by atoms with Crippen LogP contribution < -0.4 is 16.3 Å². The average Bonchev–Trinajstić information content (AvgIpc) is 3.26. The lowest BCUT2D eigenvalue weighted by Crippen LogP contribution is -2.53. The van der Waals surface area contributed by atoms with Crippen molar-refractivity contribution < 1.29 is 29.3 Å². The Labute approximate surface area is 253 Å². The number of aliphatic hydroxyl groups is 1. The minimum Gasteiger partial charge on any atom is -0.487 e. The van der Waals surface area contributed by atoms with Crippen LogP contribution in [0.3, 0.4) is 0 Å². The van der Waals surface area contributed by atoms with Crippen molar-refractivity contribution in [2.24, 2.45) is 28.8 Å². The molecule has 2 heterocycles. The van der Waals surface area contributed by atoms with Gasteiger partial charge in [0.1, 0.15) is 18.6 Å². The van der Waals surface area contributed by atoms with Gasteiger partial charge in [0, 0.05) is 44.4 Å². The lowest BCUT2D eigenvalue weighted by atomic mass is 9.66.